The molecule has 0 bridgehead atoms. The van der Waals surface area contributed by atoms with Crippen LogP contribution in [0.15, 0.2) is 0 Å². The van der Waals surface area contributed by atoms with Crippen LogP contribution in [0.5, 0.6) is 0 Å². The van der Waals surface area contributed by atoms with Crippen LogP contribution >= 0.6 is 0 Å². The zero-order chi connectivity index (χ0) is 9.30. The van der Waals surface area contributed by atoms with Crippen LogP contribution in [0.25, 0.3) is 0 Å². The Hall–Kier alpha value is -0.0200. The second-order valence-corrected chi connectivity index (χ2v) is 2.39. The van der Waals surface area contributed by atoms with E-state index < -0.39 is 36.7 Å². The number of cyclic esters (lactones) is 1. The standard InChI is InChI=1S/C6H7O6.Na.H2O/c7-1-2(8)5-3(9)4(10)6(11)12-5;;/h2,4-5,7-8H,1H2;;1H2/q-1;+1;/t2-,4?,5-;;/m1../s1. The molecule has 1 heterocycles. The minimum absolute atomic E-state index is 0. The number of ether oxygens (including phenoxy) is 1. The first-order valence-electron chi connectivity index (χ1n) is 3.27. The first-order valence-corrected chi connectivity index (χ1v) is 3.27. The average molecular weight is 216 g/mol. The maximum atomic E-state index is 10.8. The number of aliphatic hydroxyl groups excluding tert-OH is 2. The van der Waals surface area contributed by atoms with E-state index in [4.69, 9.17) is 10.2 Å². The number of hydrogen-bond donors (Lipinski definition) is 2. The summed E-state index contributed by atoms with van der Waals surface area (Å²) in [6.45, 7) is -0.726. The molecule has 0 amide bonds. The minimum Gasteiger partial charge on any atom is -0.838 e. The molecule has 0 spiro atoms. The quantitative estimate of drug-likeness (QED) is 0.267. The second kappa shape index (κ2) is 6.46. The zero-order valence-electron chi connectivity index (χ0n) is 7.47. The normalized spacial score (nSPS) is 27.4. The largest absolute Gasteiger partial charge is 1.00 e. The fourth-order valence-electron chi connectivity index (χ4n) is 0.874. The van der Waals surface area contributed by atoms with Gasteiger partial charge in [-0.05, 0) is 0 Å². The molecule has 0 aromatic rings. The second-order valence-electron chi connectivity index (χ2n) is 2.39. The molecule has 8 heteroatoms. The van der Waals surface area contributed by atoms with Crippen LogP contribution in [-0.4, -0.2) is 52.4 Å². The van der Waals surface area contributed by atoms with Gasteiger partial charge in [-0.25, -0.2) is 0 Å². The van der Waals surface area contributed by atoms with Gasteiger partial charge >= 0.3 is 35.5 Å². The summed E-state index contributed by atoms with van der Waals surface area (Å²) in [6.07, 6.45) is -5.07. The fraction of sp³-hybridized carbons (Fsp3) is 0.667. The molecule has 1 aliphatic heterocycles. The summed E-state index contributed by atoms with van der Waals surface area (Å²) in [5.74, 6) is -2.22. The Kier molecular flexibility index (Phi) is 7.57. The predicted molar refractivity (Wildman–Crippen MR) is 35.4 cm³/mol. The van der Waals surface area contributed by atoms with Crippen LogP contribution in [0, 0.1) is 0 Å². The molecule has 7 nitrogen and oxygen atoms in total. The molecule has 0 saturated carbocycles. The summed E-state index contributed by atoms with van der Waals surface area (Å²) < 4.78 is 4.23. The monoisotopic (exact) mass is 216 g/mol. The molecule has 0 aliphatic carbocycles. The van der Waals surface area contributed by atoms with Gasteiger partial charge in [-0.2, -0.15) is 0 Å². The van der Waals surface area contributed by atoms with Crippen molar-refractivity contribution in [3.8, 4) is 0 Å². The van der Waals surface area contributed by atoms with Crippen molar-refractivity contribution in [2.75, 3.05) is 6.61 Å². The predicted octanol–water partition coefficient (Wildman–Crippen LogP) is -7.26. The third kappa shape index (κ3) is 2.99. The number of carbonyl (C=O) groups excluding carboxylic acids is 2. The molecular formula is C6H9NaO7. The summed E-state index contributed by atoms with van der Waals surface area (Å²) in [5, 5.41) is 27.9. The van der Waals surface area contributed by atoms with E-state index in [9.17, 15) is 14.7 Å². The number of ketones is 1. The molecule has 0 radical (unpaired) electrons. The third-order valence-corrected chi connectivity index (χ3v) is 1.53. The van der Waals surface area contributed by atoms with Gasteiger partial charge in [0.1, 0.15) is 6.10 Å². The Bertz CT molecular complexity index is 218. The molecule has 4 N–H and O–H groups in total. The molecule has 0 aromatic carbocycles. The van der Waals surface area contributed by atoms with Crippen molar-refractivity contribution in [1.29, 1.82) is 0 Å². The van der Waals surface area contributed by atoms with E-state index in [0.717, 1.165) is 0 Å². The molecule has 3 atom stereocenters. The number of carbonyl (C=O) groups is 2. The number of Topliss-reactive ketones (excluding diaryl/α,β-unsaturated/α-hetero) is 1. The van der Waals surface area contributed by atoms with E-state index in [1.54, 1.807) is 0 Å². The molecule has 0 aromatic heterocycles. The fourth-order valence-corrected chi connectivity index (χ4v) is 0.874. The van der Waals surface area contributed by atoms with Crippen LogP contribution in [0.2, 0.25) is 0 Å². The van der Waals surface area contributed by atoms with Crippen LogP contribution in [0.1, 0.15) is 0 Å². The molecule has 1 aliphatic rings. The van der Waals surface area contributed by atoms with Gasteiger partial charge in [-0.3, -0.25) is 9.59 Å². The van der Waals surface area contributed by atoms with E-state index in [0.29, 0.717) is 0 Å². The smallest absolute Gasteiger partial charge is 0.838 e. The van der Waals surface area contributed by atoms with Gasteiger partial charge in [0.05, 0.1) is 6.61 Å². The van der Waals surface area contributed by atoms with Gasteiger partial charge in [0.2, 0.25) is 0 Å². The molecule has 1 saturated heterocycles. The molecule has 1 fully saturated rings. The van der Waals surface area contributed by atoms with Crippen molar-refractivity contribution in [3.63, 3.8) is 0 Å². The van der Waals surface area contributed by atoms with Crippen LogP contribution in [0.4, 0.5) is 0 Å². The number of esters is 1. The summed E-state index contributed by atoms with van der Waals surface area (Å²) in [7, 11) is 0. The molecule has 1 unspecified atom stereocenters. The molecule has 14 heavy (non-hydrogen) atoms. The summed E-state index contributed by atoms with van der Waals surface area (Å²) in [5.41, 5.74) is 0. The van der Waals surface area contributed by atoms with Gasteiger partial charge in [0.25, 0.3) is 0 Å². The van der Waals surface area contributed by atoms with Crippen LogP contribution in [0.3, 0.4) is 0 Å². The third-order valence-electron chi connectivity index (χ3n) is 1.53. The van der Waals surface area contributed by atoms with Gasteiger partial charge in [-0.1, -0.05) is 0 Å². The number of rotatable bonds is 2. The first kappa shape index (κ1) is 16.4. The number of aliphatic hydroxyl groups is 2. The van der Waals surface area contributed by atoms with Gasteiger partial charge < -0.3 is 25.5 Å². The van der Waals surface area contributed by atoms with Crippen molar-refractivity contribution in [2.24, 2.45) is 0 Å². The van der Waals surface area contributed by atoms with E-state index in [2.05, 4.69) is 4.74 Å². The van der Waals surface area contributed by atoms with Gasteiger partial charge in [0.15, 0.2) is 11.9 Å². The molecule has 1 rings (SSSR count). The SMILES string of the molecule is O.O=C1O[C@H]([C@H](O)CO)C(=O)C1[O-].[Na+]. The van der Waals surface area contributed by atoms with E-state index in [1.807, 2.05) is 0 Å². The van der Waals surface area contributed by atoms with E-state index >= 15 is 0 Å². The Balaban J connectivity index is 0. The summed E-state index contributed by atoms with van der Waals surface area (Å²) in [6, 6.07) is 0. The minimum atomic E-state index is -2.07. The van der Waals surface area contributed by atoms with Crippen molar-refractivity contribution in [3.05, 3.63) is 0 Å². The first-order chi connectivity index (χ1) is 5.57. The van der Waals surface area contributed by atoms with E-state index in [1.165, 1.54) is 0 Å². The van der Waals surface area contributed by atoms with Crippen molar-refractivity contribution in [1.82, 2.24) is 0 Å². The maximum Gasteiger partial charge on any atom is 1.00 e. The van der Waals surface area contributed by atoms with Gasteiger partial charge in [0, 0.05) is 6.10 Å². The zero-order valence-corrected chi connectivity index (χ0v) is 9.47. The number of hydrogen-bond acceptors (Lipinski definition) is 6. The van der Waals surface area contributed by atoms with E-state index in [-0.39, 0.29) is 35.0 Å². The average Bonchev–Trinajstić information content (AvgIpc) is 2.32. The van der Waals surface area contributed by atoms with Gasteiger partial charge in [-0.15, -0.1) is 0 Å². The summed E-state index contributed by atoms with van der Waals surface area (Å²) in [4.78, 5) is 21.3. The molecular weight excluding hydrogens is 207 g/mol. The Morgan fingerprint density at radius 2 is 2.00 bits per heavy atom. The van der Waals surface area contributed by atoms with Crippen molar-refractivity contribution >= 4 is 11.8 Å². The Labute approximate surface area is 101 Å². The maximum absolute atomic E-state index is 10.8. The van der Waals surface area contributed by atoms with Crippen LogP contribution in [-0.2, 0) is 14.3 Å². The Morgan fingerprint density at radius 1 is 1.50 bits per heavy atom. The molecule has 76 valence electrons. The topological polar surface area (TPSA) is 138 Å². The van der Waals surface area contributed by atoms with Crippen LogP contribution < -0.4 is 34.7 Å². The Morgan fingerprint density at radius 3 is 2.29 bits per heavy atom. The van der Waals surface area contributed by atoms with Crippen molar-refractivity contribution in [2.45, 2.75) is 18.3 Å². The van der Waals surface area contributed by atoms with Crippen molar-refractivity contribution < 1.29 is 64.7 Å². The summed E-state index contributed by atoms with van der Waals surface area (Å²) >= 11 is 0.